The van der Waals surface area contributed by atoms with Gasteiger partial charge in [-0.15, -0.1) is 0 Å². The zero-order valence-electron chi connectivity index (χ0n) is 13.1. The minimum Gasteiger partial charge on any atom is -0.490 e. The molecule has 0 saturated carbocycles. The maximum atomic E-state index is 5.78. The van der Waals surface area contributed by atoms with Crippen LogP contribution in [0, 0.1) is 0 Å². The molecule has 3 rings (SSSR count). The number of benzene rings is 1. The SMILES string of the molecule is CC1CN(CCCc2ccc3c(c2)NCCO3)CC(C)O1. The van der Waals surface area contributed by atoms with Crippen LogP contribution in [-0.4, -0.2) is 49.9 Å². The molecule has 116 valence electrons. The number of hydrogen-bond donors (Lipinski definition) is 1. The van der Waals surface area contributed by atoms with Crippen molar-refractivity contribution in [2.24, 2.45) is 0 Å². The Bertz CT molecular complexity index is 468. The highest BCUT2D eigenvalue weighted by atomic mass is 16.5. The summed E-state index contributed by atoms with van der Waals surface area (Å²) in [6, 6.07) is 6.52. The molecular weight excluding hydrogens is 264 g/mol. The van der Waals surface area contributed by atoms with E-state index in [0.717, 1.165) is 50.6 Å². The van der Waals surface area contributed by atoms with E-state index in [1.54, 1.807) is 0 Å². The van der Waals surface area contributed by atoms with Crippen LogP contribution in [0.15, 0.2) is 18.2 Å². The number of nitrogens with one attached hydrogen (secondary N) is 1. The minimum atomic E-state index is 0.360. The van der Waals surface area contributed by atoms with E-state index in [4.69, 9.17) is 9.47 Å². The van der Waals surface area contributed by atoms with E-state index in [1.807, 2.05) is 0 Å². The standard InChI is InChI=1S/C17H26N2O2/c1-13-11-19(12-14(2)21-13)8-3-4-15-5-6-17-16(10-15)18-7-9-20-17/h5-6,10,13-14,18H,3-4,7-9,11-12H2,1-2H3. The van der Waals surface area contributed by atoms with Crippen LogP contribution in [-0.2, 0) is 11.2 Å². The van der Waals surface area contributed by atoms with Gasteiger partial charge in [-0.3, -0.25) is 4.90 Å². The molecule has 4 heteroatoms. The first-order valence-corrected chi connectivity index (χ1v) is 8.08. The third-order valence-electron chi connectivity index (χ3n) is 4.15. The van der Waals surface area contributed by atoms with Crippen LogP contribution in [0.3, 0.4) is 0 Å². The second-order valence-electron chi connectivity index (χ2n) is 6.23. The number of fused-ring (bicyclic) bond motifs is 1. The average molecular weight is 290 g/mol. The molecule has 1 saturated heterocycles. The lowest BCUT2D eigenvalue weighted by Crippen LogP contribution is -2.45. The molecule has 1 fully saturated rings. The molecule has 1 aromatic carbocycles. The molecule has 0 aromatic heterocycles. The number of anilines is 1. The zero-order valence-corrected chi connectivity index (χ0v) is 13.1. The minimum absolute atomic E-state index is 0.360. The van der Waals surface area contributed by atoms with E-state index < -0.39 is 0 Å². The molecule has 0 bridgehead atoms. The lowest BCUT2D eigenvalue weighted by molar-refractivity contribution is -0.0680. The van der Waals surface area contributed by atoms with Crippen molar-refractivity contribution < 1.29 is 9.47 Å². The molecule has 0 aliphatic carbocycles. The fourth-order valence-corrected chi connectivity index (χ4v) is 3.32. The number of nitrogens with zero attached hydrogens (tertiary/aromatic N) is 1. The van der Waals surface area contributed by atoms with Crippen molar-refractivity contribution in [1.29, 1.82) is 0 Å². The van der Waals surface area contributed by atoms with Crippen molar-refractivity contribution in [3.63, 3.8) is 0 Å². The lowest BCUT2D eigenvalue weighted by atomic mass is 10.1. The van der Waals surface area contributed by atoms with Crippen LogP contribution in [0.5, 0.6) is 5.75 Å². The highest BCUT2D eigenvalue weighted by Crippen LogP contribution is 2.28. The van der Waals surface area contributed by atoms with E-state index in [1.165, 1.54) is 12.0 Å². The van der Waals surface area contributed by atoms with Gasteiger partial charge in [-0.05, 0) is 50.9 Å². The van der Waals surface area contributed by atoms with Crippen molar-refractivity contribution in [1.82, 2.24) is 4.90 Å². The summed E-state index contributed by atoms with van der Waals surface area (Å²) in [5, 5.41) is 3.40. The van der Waals surface area contributed by atoms with Gasteiger partial charge in [0.25, 0.3) is 0 Å². The summed E-state index contributed by atoms with van der Waals surface area (Å²) in [5.74, 6) is 0.987. The van der Waals surface area contributed by atoms with E-state index >= 15 is 0 Å². The van der Waals surface area contributed by atoms with Crippen LogP contribution >= 0.6 is 0 Å². The quantitative estimate of drug-likeness (QED) is 0.924. The molecule has 1 N–H and O–H groups in total. The summed E-state index contributed by atoms with van der Waals surface area (Å²) in [6.45, 7) is 9.27. The molecule has 0 radical (unpaired) electrons. The van der Waals surface area contributed by atoms with Gasteiger partial charge in [0.05, 0.1) is 17.9 Å². The molecule has 2 aliphatic rings. The zero-order chi connectivity index (χ0) is 14.7. The molecule has 4 nitrogen and oxygen atoms in total. The highest BCUT2D eigenvalue weighted by Gasteiger charge is 2.21. The lowest BCUT2D eigenvalue weighted by Gasteiger charge is -2.35. The van der Waals surface area contributed by atoms with Gasteiger partial charge in [-0.2, -0.15) is 0 Å². The van der Waals surface area contributed by atoms with Crippen LogP contribution in [0.4, 0.5) is 5.69 Å². The first-order valence-electron chi connectivity index (χ1n) is 8.08. The van der Waals surface area contributed by atoms with E-state index in [0.29, 0.717) is 12.2 Å². The molecule has 2 heterocycles. The summed E-state index contributed by atoms with van der Waals surface area (Å²) in [7, 11) is 0. The van der Waals surface area contributed by atoms with Gasteiger partial charge in [0, 0.05) is 19.6 Å². The van der Waals surface area contributed by atoms with Gasteiger partial charge in [0.15, 0.2) is 0 Å². The van der Waals surface area contributed by atoms with Gasteiger partial charge in [0.2, 0.25) is 0 Å². The second-order valence-corrected chi connectivity index (χ2v) is 6.23. The van der Waals surface area contributed by atoms with Crippen molar-refractivity contribution in [3.05, 3.63) is 23.8 Å². The summed E-state index contributed by atoms with van der Waals surface area (Å²) in [5.41, 5.74) is 2.54. The Morgan fingerprint density at radius 1 is 1.24 bits per heavy atom. The number of morpholine rings is 1. The molecule has 21 heavy (non-hydrogen) atoms. The third kappa shape index (κ3) is 3.89. The Hall–Kier alpha value is -1.26. The first kappa shape index (κ1) is 14.7. The van der Waals surface area contributed by atoms with E-state index in [9.17, 15) is 0 Å². The summed E-state index contributed by atoms with van der Waals surface area (Å²) < 4.78 is 11.4. The van der Waals surface area contributed by atoms with Crippen LogP contribution < -0.4 is 10.1 Å². The molecular formula is C17H26N2O2. The first-order chi connectivity index (χ1) is 10.2. The fourth-order valence-electron chi connectivity index (χ4n) is 3.32. The van der Waals surface area contributed by atoms with Gasteiger partial charge in [0.1, 0.15) is 12.4 Å². The molecule has 0 amide bonds. The van der Waals surface area contributed by atoms with Crippen LogP contribution in [0.1, 0.15) is 25.8 Å². The maximum absolute atomic E-state index is 5.78. The molecule has 2 unspecified atom stereocenters. The Labute approximate surface area is 127 Å². The Morgan fingerprint density at radius 3 is 2.86 bits per heavy atom. The summed E-state index contributed by atoms with van der Waals surface area (Å²) in [6.07, 6.45) is 3.03. The van der Waals surface area contributed by atoms with E-state index in [-0.39, 0.29) is 0 Å². The topological polar surface area (TPSA) is 33.7 Å². The number of ether oxygens (including phenoxy) is 2. The largest absolute Gasteiger partial charge is 0.490 e. The molecule has 0 spiro atoms. The monoisotopic (exact) mass is 290 g/mol. The number of rotatable bonds is 4. The van der Waals surface area contributed by atoms with Crippen molar-refractivity contribution in [2.75, 3.05) is 38.1 Å². The van der Waals surface area contributed by atoms with Gasteiger partial charge in [-0.25, -0.2) is 0 Å². The highest BCUT2D eigenvalue weighted by molar-refractivity contribution is 5.59. The van der Waals surface area contributed by atoms with Crippen molar-refractivity contribution in [3.8, 4) is 5.75 Å². The third-order valence-corrected chi connectivity index (χ3v) is 4.15. The Kier molecular flexibility index (Phi) is 4.66. The van der Waals surface area contributed by atoms with Crippen molar-refractivity contribution in [2.45, 2.75) is 38.9 Å². The van der Waals surface area contributed by atoms with Crippen molar-refractivity contribution >= 4 is 5.69 Å². The summed E-state index contributed by atoms with van der Waals surface area (Å²) >= 11 is 0. The van der Waals surface area contributed by atoms with Gasteiger partial charge in [-0.1, -0.05) is 6.07 Å². The van der Waals surface area contributed by atoms with E-state index in [2.05, 4.69) is 42.3 Å². The van der Waals surface area contributed by atoms with Gasteiger partial charge < -0.3 is 14.8 Å². The molecule has 2 atom stereocenters. The average Bonchev–Trinajstić information content (AvgIpc) is 2.46. The number of hydrogen-bond acceptors (Lipinski definition) is 4. The maximum Gasteiger partial charge on any atom is 0.142 e. The summed E-state index contributed by atoms with van der Waals surface area (Å²) in [4.78, 5) is 2.53. The second kappa shape index (κ2) is 6.67. The normalized spacial score (nSPS) is 25.8. The molecule has 2 aliphatic heterocycles. The molecule has 1 aromatic rings. The predicted octanol–water partition coefficient (Wildman–Crippen LogP) is 2.53. The van der Waals surface area contributed by atoms with Gasteiger partial charge >= 0.3 is 0 Å². The predicted molar refractivity (Wildman–Crippen MR) is 85.2 cm³/mol. The number of aryl methyl sites for hydroxylation is 1. The smallest absolute Gasteiger partial charge is 0.142 e. The Morgan fingerprint density at radius 2 is 2.05 bits per heavy atom. The van der Waals surface area contributed by atoms with Crippen LogP contribution in [0.25, 0.3) is 0 Å². The van der Waals surface area contributed by atoms with Crippen LogP contribution in [0.2, 0.25) is 0 Å². The Balaban J connectivity index is 1.49. The fraction of sp³-hybridized carbons (Fsp3) is 0.647.